The Balaban J connectivity index is 1.94. The van der Waals surface area contributed by atoms with Gasteiger partial charge >= 0.3 is 0 Å². The molecule has 0 radical (unpaired) electrons. The summed E-state index contributed by atoms with van der Waals surface area (Å²) in [6.45, 7) is 8.42. The monoisotopic (exact) mass is 363 g/mol. The first kappa shape index (κ1) is 20.5. The van der Waals surface area contributed by atoms with Gasteiger partial charge in [0.25, 0.3) is 5.91 Å². The average molecular weight is 364 g/mol. The molecule has 1 fully saturated rings. The first-order valence-corrected chi connectivity index (χ1v) is 9.31. The van der Waals surface area contributed by atoms with E-state index in [0.29, 0.717) is 18.0 Å². The standard InChI is InChI=1S/C20H33N3O3/c1-20(2,14-21)15-22(3)12-16-7-8-17(18(11-16)25-4)26-13-19(24)23-9-5-6-10-23/h7-8,11H,5-6,9-10,12-15,21H2,1-4H3. The molecule has 1 aliphatic rings. The fraction of sp³-hybridized carbons (Fsp3) is 0.650. The SMILES string of the molecule is COc1cc(CN(C)CC(C)(C)CN)ccc1OCC(=O)N1CCCC1. The molecule has 146 valence electrons. The van der Waals surface area contributed by atoms with Crippen LogP contribution in [0.4, 0.5) is 0 Å². The van der Waals surface area contributed by atoms with E-state index in [1.165, 1.54) is 0 Å². The molecule has 1 aliphatic heterocycles. The van der Waals surface area contributed by atoms with Gasteiger partial charge in [-0.3, -0.25) is 4.79 Å². The molecule has 2 rings (SSSR count). The van der Waals surface area contributed by atoms with Gasteiger partial charge in [-0.1, -0.05) is 19.9 Å². The Morgan fingerprint density at radius 1 is 1.27 bits per heavy atom. The average Bonchev–Trinajstić information content (AvgIpc) is 3.14. The maximum atomic E-state index is 12.1. The summed E-state index contributed by atoms with van der Waals surface area (Å²) in [5.41, 5.74) is 7.04. The van der Waals surface area contributed by atoms with Crippen LogP contribution in [-0.2, 0) is 11.3 Å². The topological polar surface area (TPSA) is 68.0 Å². The minimum absolute atomic E-state index is 0.0392. The van der Waals surface area contributed by atoms with E-state index >= 15 is 0 Å². The number of rotatable bonds is 9. The predicted molar refractivity (Wildman–Crippen MR) is 103 cm³/mol. The molecule has 1 amide bonds. The normalized spacial score (nSPS) is 14.8. The molecular formula is C20H33N3O3. The minimum atomic E-state index is 0.0392. The van der Waals surface area contributed by atoms with Crippen LogP contribution in [0.2, 0.25) is 0 Å². The number of ether oxygens (including phenoxy) is 2. The van der Waals surface area contributed by atoms with Crippen LogP contribution in [0.15, 0.2) is 18.2 Å². The van der Waals surface area contributed by atoms with Crippen LogP contribution >= 0.6 is 0 Å². The Kier molecular flexibility index (Phi) is 7.29. The predicted octanol–water partition coefficient (Wildman–Crippen LogP) is 2.11. The Bertz CT molecular complexity index is 598. The van der Waals surface area contributed by atoms with Crippen LogP contribution in [0.5, 0.6) is 11.5 Å². The van der Waals surface area contributed by atoms with Crippen LogP contribution in [-0.4, -0.2) is 62.7 Å². The zero-order valence-corrected chi connectivity index (χ0v) is 16.6. The smallest absolute Gasteiger partial charge is 0.260 e. The molecular weight excluding hydrogens is 330 g/mol. The summed E-state index contributed by atoms with van der Waals surface area (Å²) in [6.07, 6.45) is 2.16. The van der Waals surface area contributed by atoms with Crippen molar-refractivity contribution < 1.29 is 14.3 Å². The van der Waals surface area contributed by atoms with Crippen LogP contribution in [0.3, 0.4) is 0 Å². The lowest BCUT2D eigenvalue weighted by molar-refractivity contribution is -0.132. The zero-order chi connectivity index (χ0) is 19.2. The van der Waals surface area contributed by atoms with Crippen LogP contribution < -0.4 is 15.2 Å². The van der Waals surface area contributed by atoms with Crippen molar-refractivity contribution in [2.45, 2.75) is 33.2 Å². The van der Waals surface area contributed by atoms with E-state index in [9.17, 15) is 4.79 Å². The number of likely N-dealkylation sites (tertiary alicyclic amines) is 1. The summed E-state index contributed by atoms with van der Waals surface area (Å²) in [6, 6.07) is 5.87. The van der Waals surface area contributed by atoms with Gasteiger partial charge in [-0.25, -0.2) is 0 Å². The first-order chi connectivity index (χ1) is 12.3. The highest BCUT2D eigenvalue weighted by Gasteiger charge is 2.20. The minimum Gasteiger partial charge on any atom is -0.493 e. The van der Waals surface area contributed by atoms with Gasteiger partial charge in [0.15, 0.2) is 18.1 Å². The van der Waals surface area contributed by atoms with E-state index in [1.54, 1.807) is 7.11 Å². The van der Waals surface area contributed by atoms with E-state index in [1.807, 2.05) is 23.1 Å². The number of benzene rings is 1. The van der Waals surface area contributed by atoms with Gasteiger partial charge in [-0.05, 0) is 49.5 Å². The number of carbonyl (C=O) groups is 1. The lowest BCUT2D eigenvalue weighted by Crippen LogP contribution is -2.36. The Labute approximate surface area is 157 Å². The number of hydrogen-bond donors (Lipinski definition) is 1. The molecule has 1 heterocycles. The summed E-state index contributed by atoms with van der Waals surface area (Å²) < 4.78 is 11.2. The maximum Gasteiger partial charge on any atom is 0.260 e. The van der Waals surface area contributed by atoms with Crippen molar-refractivity contribution in [3.8, 4) is 11.5 Å². The van der Waals surface area contributed by atoms with Crippen LogP contribution in [0.1, 0.15) is 32.3 Å². The molecule has 26 heavy (non-hydrogen) atoms. The number of nitrogens with two attached hydrogens (primary N) is 1. The molecule has 6 heteroatoms. The lowest BCUT2D eigenvalue weighted by Gasteiger charge is -2.29. The van der Waals surface area contributed by atoms with Gasteiger partial charge in [-0.15, -0.1) is 0 Å². The third-order valence-electron chi connectivity index (χ3n) is 4.74. The molecule has 6 nitrogen and oxygen atoms in total. The second-order valence-electron chi connectivity index (χ2n) is 7.90. The van der Waals surface area contributed by atoms with Gasteiger partial charge in [0.05, 0.1) is 7.11 Å². The number of hydrogen-bond acceptors (Lipinski definition) is 5. The van der Waals surface area contributed by atoms with Crippen molar-refractivity contribution in [2.24, 2.45) is 11.1 Å². The molecule has 0 aromatic heterocycles. The molecule has 0 bridgehead atoms. The Morgan fingerprint density at radius 3 is 2.58 bits per heavy atom. The van der Waals surface area contributed by atoms with Crippen molar-refractivity contribution in [3.05, 3.63) is 23.8 Å². The van der Waals surface area contributed by atoms with E-state index in [2.05, 4.69) is 25.8 Å². The number of carbonyl (C=O) groups excluding carboxylic acids is 1. The lowest BCUT2D eigenvalue weighted by atomic mass is 9.93. The second kappa shape index (κ2) is 9.24. The highest BCUT2D eigenvalue weighted by molar-refractivity contribution is 5.78. The summed E-state index contributed by atoms with van der Waals surface area (Å²) >= 11 is 0. The highest BCUT2D eigenvalue weighted by atomic mass is 16.5. The zero-order valence-electron chi connectivity index (χ0n) is 16.6. The number of methoxy groups -OCH3 is 1. The van der Waals surface area contributed by atoms with Gasteiger partial charge in [0.1, 0.15) is 0 Å². The summed E-state index contributed by atoms with van der Waals surface area (Å²) in [5, 5.41) is 0. The Morgan fingerprint density at radius 2 is 1.96 bits per heavy atom. The third-order valence-corrected chi connectivity index (χ3v) is 4.74. The van der Waals surface area contributed by atoms with E-state index < -0.39 is 0 Å². The van der Waals surface area contributed by atoms with E-state index in [0.717, 1.165) is 44.6 Å². The van der Waals surface area contributed by atoms with Gasteiger partial charge < -0.3 is 25.0 Å². The van der Waals surface area contributed by atoms with Gasteiger partial charge in [-0.2, -0.15) is 0 Å². The number of nitrogens with zero attached hydrogens (tertiary/aromatic N) is 2. The number of amides is 1. The molecule has 0 unspecified atom stereocenters. The van der Waals surface area contributed by atoms with Crippen LogP contribution in [0.25, 0.3) is 0 Å². The van der Waals surface area contributed by atoms with Crippen molar-refractivity contribution in [1.29, 1.82) is 0 Å². The Hall–Kier alpha value is -1.79. The summed E-state index contributed by atoms with van der Waals surface area (Å²) in [5.74, 6) is 1.30. The highest BCUT2D eigenvalue weighted by Crippen LogP contribution is 2.29. The van der Waals surface area contributed by atoms with Crippen molar-refractivity contribution >= 4 is 5.91 Å². The third kappa shape index (κ3) is 5.88. The molecule has 0 atom stereocenters. The maximum absolute atomic E-state index is 12.1. The van der Waals surface area contributed by atoms with E-state index in [-0.39, 0.29) is 17.9 Å². The van der Waals surface area contributed by atoms with Gasteiger partial charge in [0, 0.05) is 26.2 Å². The summed E-state index contributed by atoms with van der Waals surface area (Å²) in [4.78, 5) is 16.2. The fourth-order valence-corrected chi connectivity index (χ4v) is 3.29. The molecule has 1 aromatic rings. The molecule has 0 aliphatic carbocycles. The quantitative estimate of drug-likeness (QED) is 0.728. The molecule has 0 saturated carbocycles. The largest absolute Gasteiger partial charge is 0.493 e. The van der Waals surface area contributed by atoms with Crippen molar-refractivity contribution in [2.75, 3.05) is 46.9 Å². The van der Waals surface area contributed by atoms with Crippen molar-refractivity contribution in [3.63, 3.8) is 0 Å². The van der Waals surface area contributed by atoms with Crippen LogP contribution in [0, 0.1) is 5.41 Å². The molecule has 0 spiro atoms. The van der Waals surface area contributed by atoms with E-state index in [4.69, 9.17) is 15.2 Å². The van der Waals surface area contributed by atoms with Gasteiger partial charge in [0.2, 0.25) is 0 Å². The second-order valence-corrected chi connectivity index (χ2v) is 7.90. The fourth-order valence-electron chi connectivity index (χ4n) is 3.29. The molecule has 1 saturated heterocycles. The first-order valence-electron chi connectivity index (χ1n) is 9.31. The molecule has 1 aromatic carbocycles. The molecule has 2 N–H and O–H groups in total. The summed E-state index contributed by atoms with van der Waals surface area (Å²) in [7, 11) is 3.71. The van der Waals surface area contributed by atoms with Crippen molar-refractivity contribution in [1.82, 2.24) is 9.80 Å².